The number of methoxy groups -OCH3 is 1. The summed E-state index contributed by atoms with van der Waals surface area (Å²) in [6.45, 7) is 5.29. The van der Waals surface area contributed by atoms with Crippen LogP contribution in [0.2, 0.25) is 0 Å². The largest absolute Gasteiger partial charge is 0.497 e. The fraction of sp³-hybridized carbons (Fsp3) is 0.483. The highest BCUT2D eigenvalue weighted by atomic mass is 16.5. The van der Waals surface area contributed by atoms with Crippen LogP contribution in [0.1, 0.15) is 38.2 Å². The first-order chi connectivity index (χ1) is 17.6. The number of nitrogens with zero attached hydrogens (tertiary/aromatic N) is 3. The second kappa shape index (κ2) is 12.9. The number of unbranched alkanes of at least 4 members (excludes halogenated alkanes) is 1. The lowest BCUT2D eigenvalue weighted by atomic mass is 10.1. The number of aryl methyl sites for hydroxylation is 1. The van der Waals surface area contributed by atoms with Crippen molar-refractivity contribution in [2.24, 2.45) is 13.0 Å². The van der Waals surface area contributed by atoms with Crippen molar-refractivity contribution >= 4 is 0 Å². The number of hydrogen-bond acceptors (Lipinski definition) is 6. The van der Waals surface area contributed by atoms with E-state index in [1.54, 1.807) is 11.8 Å². The molecule has 3 aromatic rings. The molecule has 1 aliphatic carbocycles. The first kappa shape index (κ1) is 26.2. The van der Waals surface area contributed by atoms with Crippen LogP contribution in [0, 0.1) is 5.92 Å². The van der Waals surface area contributed by atoms with E-state index in [1.165, 1.54) is 12.8 Å². The molecule has 7 heteroatoms. The molecule has 1 N–H and O–H groups in total. The monoisotopic (exact) mass is 493 g/mol. The van der Waals surface area contributed by atoms with Crippen molar-refractivity contribution in [2.45, 2.75) is 45.3 Å². The van der Waals surface area contributed by atoms with E-state index >= 15 is 0 Å². The Bertz CT molecular complexity index is 1080. The number of aliphatic hydroxyl groups excluding tert-OH is 1. The predicted molar refractivity (Wildman–Crippen MR) is 141 cm³/mol. The molecule has 0 aliphatic heterocycles. The summed E-state index contributed by atoms with van der Waals surface area (Å²) in [7, 11) is 3.56. The first-order valence-corrected chi connectivity index (χ1v) is 13.0. The Morgan fingerprint density at radius 1 is 1.11 bits per heavy atom. The Balaban J connectivity index is 1.60. The summed E-state index contributed by atoms with van der Waals surface area (Å²) < 4.78 is 19.3. The Morgan fingerprint density at radius 3 is 2.61 bits per heavy atom. The topological polar surface area (TPSA) is 69.0 Å². The number of aromatic nitrogens is 2. The lowest BCUT2D eigenvalue weighted by molar-refractivity contribution is 0.0135. The fourth-order valence-electron chi connectivity index (χ4n) is 4.34. The van der Waals surface area contributed by atoms with Gasteiger partial charge in [-0.2, -0.15) is 5.10 Å². The van der Waals surface area contributed by atoms with Gasteiger partial charge in [0, 0.05) is 44.9 Å². The minimum atomic E-state index is -0.541. The van der Waals surface area contributed by atoms with Gasteiger partial charge in [-0.3, -0.25) is 4.90 Å². The molecule has 0 amide bonds. The van der Waals surface area contributed by atoms with E-state index in [9.17, 15) is 5.11 Å². The third-order valence-electron chi connectivity index (χ3n) is 6.41. The van der Waals surface area contributed by atoms with Crippen molar-refractivity contribution in [2.75, 3.05) is 33.4 Å². The fourth-order valence-corrected chi connectivity index (χ4v) is 4.34. The molecule has 0 unspecified atom stereocenters. The normalized spacial score (nSPS) is 14.2. The maximum Gasteiger partial charge on any atom is 0.222 e. The average Bonchev–Trinajstić information content (AvgIpc) is 3.66. The zero-order valence-corrected chi connectivity index (χ0v) is 21.7. The third kappa shape index (κ3) is 7.32. The van der Waals surface area contributed by atoms with Crippen LogP contribution in [0.25, 0.3) is 11.3 Å². The van der Waals surface area contributed by atoms with Crippen molar-refractivity contribution in [3.8, 4) is 28.6 Å². The van der Waals surface area contributed by atoms with Gasteiger partial charge in [-0.05, 0) is 37.3 Å². The van der Waals surface area contributed by atoms with Gasteiger partial charge in [0.25, 0.3) is 0 Å². The molecular weight excluding hydrogens is 454 g/mol. The van der Waals surface area contributed by atoms with Gasteiger partial charge in [0.1, 0.15) is 17.2 Å². The molecule has 1 aromatic heterocycles. The van der Waals surface area contributed by atoms with Gasteiger partial charge in [0.05, 0.1) is 25.4 Å². The highest BCUT2D eigenvalue weighted by molar-refractivity contribution is 5.65. The summed E-state index contributed by atoms with van der Waals surface area (Å²) in [5, 5.41) is 15.6. The smallest absolute Gasteiger partial charge is 0.222 e. The summed E-state index contributed by atoms with van der Waals surface area (Å²) in [5.74, 6) is 2.80. The maximum atomic E-state index is 10.8. The Kier molecular flexibility index (Phi) is 9.39. The first-order valence-electron chi connectivity index (χ1n) is 13.0. The van der Waals surface area contributed by atoms with Crippen LogP contribution >= 0.6 is 0 Å². The minimum absolute atomic E-state index is 0.354. The van der Waals surface area contributed by atoms with Crippen LogP contribution in [0.4, 0.5) is 0 Å². The summed E-state index contributed by atoms with van der Waals surface area (Å²) >= 11 is 0. The Labute approximate surface area is 214 Å². The second-order valence-electron chi connectivity index (χ2n) is 9.62. The van der Waals surface area contributed by atoms with Gasteiger partial charge in [-0.1, -0.05) is 49.7 Å². The molecular formula is C29H39N3O4. The van der Waals surface area contributed by atoms with Gasteiger partial charge in [0.2, 0.25) is 5.88 Å². The van der Waals surface area contributed by atoms with Crippen LogP contribution < -0.4 is 9.47 Å². The Hall–Kier alpha value is -2.87. The molecule has 0 radical (unpaired) electrons. The van der Waals surface area contributed by atoms with E-state index in [2.05, 4.69) is 24.0 Å². The van der Waals surface area contributed by atoms with Gasteiger partial charge < -0.3 is 19.3 Å². The van der Waals surface area contributed by atoms with Gasteiger partial charge >= 0.3 is 0 Å². The Morgan fingerprint density at radius 2 is 1.89 bits per heavy atom. The number of rotatable bonds is 15. The predicted octanol–water partition coefficient (Wildman–Crippen LogP) is 5.28. The van der Waals surface area contributed by atoms with E-state index < -0.39 is 6.10 Å². The SMILES string of the molecule is CCCCOC[C@@H](O)CN(Cc1c(-c2ccccc2)nn(C)c1Oc1cccc(OC)c1)CC1CC1. The molecule has 1 atom stereocenters. The average molecular weight is 494 g/mol. The molecule has 1 aliphatic rings. The molecule has 0 spiro atoms. The molecule has 0 saturated heterocycles. The number of benzene rings is 2. The molecule has 36 heavy (non-hydrogen) atoms. The quantitative estimate of drug-likeness (QED) is 0.291. The van der Waals surface area contributed by atoms with Crippen molar-refractivity contribution in [1.29, 1.82) is 0 Å². The van der Waals surface area contributed by atoms with Crippen LogP contribution in [-0.4, -0.2) is 59.3 Å². The van der Waals surface area contributed by atoms with Crippen LogP contribution in [-0.2, 0) is 18.3 Å². The van der Waals surface area contributed by atoms with E-state index in [0.29, 0.717) is 43.9 Å². The van der Waals surface area contributed by atoms with Crippen LogP contribution in [0.3, 0.4) is 0 Å². The molecule has 1 fully saturated rings. The summed E-state index contributed by atoms with van der Waals surface area (Å²) in [4.78, 5) is 2.33. The number of hydrogen-bond donors (Lipinski definition) is 1. The van der Waals surface area contributed by atoms with E-state index in [-0.39, 0.29) is 0 Å². The van der Waals surface area contributed by atoms with Crippen molar-refractivity contribution < 1.29 is 19.3 Å². The highest BCUT2D eigenvalue weighted by Crippen LogP contribution is 2.36. The molecule has 194 valence electrons. The summed E-state index contributed by atoms with van der Waals surface area (Å²) in [5.41, 5.74) is 2.94. The molecule has 2 aromatic carbocycles. The van der Waals surface area contributed by atoms with Crippen molar-refractivity contribution in [1.82, 2.24) is 14.7 Å². The van der Waals surface area contributed by atoms with E-state index in [0.717, 1.165) is 42.0 Å². The van der Waals surface area contributed by atoms with Crippen molar-refractivity contribution in [3.63, 3.8) is 0 Å². The zero-order valence-electron chi connectivity index (χ0n) is 21.7. The highest BCUT2D eigenvalue weighted by Gasteiger charge is 2.28. The summed E-state index contributed by atoms with van der Waals surface area (Å²) in [6.07, 6.45) is 4.04. The molecule has 7 nitrogen and oxygen atoms in total. The van der Waals surface area contributed by atoms with Crippen molar-refractivity contribution in [3.05, 3.63) is 60.2 Å². The number of aliphatic hydroxyl groups is 1. The van der Waals surface area contributed by atoms with Gasteiger partial charge in [-0.25, -0.2) is 4.68 Å². The third-order valence-corrected chi connectivity index (χ3v) is 6.41. The lowest BCUT2D eigenvalue weighted by Gasteiger charge is -2.25. The number of ether oxygens (including phenoxy) is 3. The standard InChI is InChI=1S/C29H39N3O4/c1-4-5-16-35-21-24(33)19-32(18-22-14-15-22)20-27-28(23-10-7-6-8-11-23)30-31(2)29(27)36-26-13-9-12-25(17-26)34-3/h6-13,17,22,24,33H,4-5,14-16,18-21H2,1-3H3/t24-/m0/s1. The van der Waals surface area contributed by atoms with Gasteiger partial charge in [-0.15, -0.1) is 0 Å². The molecule has 0 bridgehead atoms. The van der Waals surface area contributed by atoms with E-state index in [4.69, 9.17) is 19.3 Å². The van der Waals surface area contributed by atoms with Crippen LogP contribution in [0.5, 0.6) is 17.4 Å². The molecule has 1 heterocycles. The van der Waals surface area contributed by atoms with Gasteiger partial charge in [0.15, 0.2) is 0 Å². The second-order valence-corrected chi connectivity index (χ2v) is 9.62. The molecule has 1 saturated carbocycles. The molecule has 4 rings (SSSR count). The maximum absolute atomic E-state index is 10.8. The minimum Gasteiger partial charge on any atom is -0.497 e. The van der Waals surface area contributed by atoms with Crippen LogP contribution in [0.15, 0.2) is 54.6 Å². The lowest BCUT2D eigenvalue weighted by Crippen LogP contribution is -2.36. The zero-order chi connectivity index (χ0) is 25.3. The van der Waals surface area contributed by atoms with E-state index in [1.807, 2.05) is 49.5 Å². The summed E-state index contributed by atoms with van der Waals surface area (Å²) in [6, 6.07) is 17.8.